The molecule has 1 amide bonds. The molecule has 7 heteroatoms. The molecule has 0 spiro atoms. The van der Waals surface area contributed by atoms with Crippen molar-refractivity contribution in [3.63, 3.8) is 0 Å². The number of aromatic nitrogens is 3. The van der Waals surface area contributed by atoms with E-state index in [2.05, 4.69) is 20.4 Å². The monoisotopic (exact) mass is 390 g/mol. The molecule has 2 heterocycles. The van der Waals surface area contributed by atoms with Gasteiger partial charge in [-0.05, 0) is 18.1 Å². The second kappa shape index (κ2) is 7.74. The van der Waals surface area contributed by atoms with Gasteiger partial charge in [-0.2, -0.15) is 4.98 Å². The van der Waals surface area contributed by atoms with E-state index >= 15 is 0 Å². The third kappa shape index (κ3) is 3.70. The lowest BCUT2D eigenvalue weighted by Crippen LogP contribution is -2.11. The van der Waals surface area contributed by atoms with Gasteiger partial charge >= 0.3 is 0 Å². The zero-order valence-corrected chi connectivity index (χ0v) is 16.2. The van der Waals surface area contributed by atoms with Crippen LogP contribution in [0, 0.1) is 0 Å². The first-order valence-electron chi connectivity index (χ1n) is 8.88. The number of amides is 1. The Morgan fingerprint density at radius 2 is 1.68 bits per heavy atom. The number of thiazole rings is 1. The molecule has 4 rings (SSSR count). The van der Waals surface area contributed by atoms with Gasteiger partial charge in [0.25, 0.3) is 11.8 Å². The topological polar surface area (TPSA) is 80.9 Å². The molecule has 0 unspecified atom stereocenters. The molecule has 6 nitrogen and oxygen atoms in total. The number of anilines is 1. The summed E-state index contributed by atoms with van der Waals surface area (Å²) in [5.41, 5.74) is 2.27. The smallest absolute Gasteiger partial charge is 0.270 e. The lowest BCUT2D eigenvalue weighted by atomic mass is 10.1. The standard InChI is InChI=1S/C21H18N4O2S/c1-13(2)16-17(20-23-18(25-27-20)14-9-5-3-6-10-14)28-21(22-16)24-19(26)15-11-7-4-8-12-15/h3-13H,1-2H3,(H,22,24,26). The van der Waals surface area contributed by atoms with Crippen LogP contribution in [-0.4, -0.2) is 21.0 Å². The lowest BCUT2D eigenvalue weighted by molar-refractivity contribution is 0.102. The van der Waals surface area contributed by atoms with E-state index in [0.29, 0.717) is 22.4 Å². The molecule has 28 heavy (non-hydrogen) atoms. The molecule has 0 aliphatic heterocycles. The lowest BCUT2D eigenvalue weighted by Gasteiger charge is -2.01. The van der Waals surface area contributed by atoms with Gasteiger partial charge in [0.05, 0.1) is 5.69 Å². The molecule has 0 radical (unpaired) electrons. The first-order valence-corrected chi connectivity index (χ1v) is 9.70. The molecule has 0 aliphatic carbocycles. The van der Waals surface area contributed by atoms with Crippen molar-refractivity contribution in [2.24, 2.45) is 0 Å². The number of hydrogen-bond donors (Lipinski definition) is 1. The van der Waals surface area contributed by atoms with E-state index in [1.165, 1.54) is 11.3 Å². The molecule has 0 saturated carbocycles. The highest BCUT2D eigenvalue weighted by Crippen LogP contribution is 2.36. The van der Waals surface area contributed by atoms with Crippen molar-refractivity contribution >= 4 is 22.4 Å². The van der Waals surface area contributed by atoms with Crippen molar-refractivity contribution < 1.29 is 9.32 Å². The SMILES string of the molecule is CC(C)c1nc(NC(=O)c2ccccc2)sc1-c1nc(-c2ccccc2)no1. The van der Waals surface area contributed by atoms with Crippen LogP contribution < -0.4 is 5.32 Å². The van der Waals surface area contributed by atoms with Gasteiger partial charge in [0.2, 0.25) is 5.82 Å². The first kappa shape index (κ1) is 18.1. The third-order valence-electron chi connectivity index (χ3n) is 4.11. The predicted octanol–water partition coefficient (Wildman–Crippen LogP) is 5.24. The minimum absolute atomic E-state index is 0.140. The summed E-state index contributed by atoms with van der Waals surface area (Å²) in [6, 6.07) is 18.7. The van der Waals surface area contributed by atoms with Crippen LogP contribution in [0.4, 0.5) is 5.13 Å². The summed E-state index contributed by atoms with van der Waals surface area (Å²) in [6.45, 7) is 4.08. The highest BCUT2D eigenvalue weighted by molar-refractivity contribution is 7.19. The maximum atomic E-state index is 12.4. The van der Waals surface area contributed by atoms with Crippen LogP contribution >= 0.6 is 11.3 Å². The summed E-state index contributed by atoms with van der Waals surface area (Å²) in [5, 5.41) is 7.45. The molecular formula is C21H18N4O2S. The normalized spacial score (nSPS) is 11.0. The fourth-order valence-corrected chi connectivity index (χ4v) is 3.75. The molecule has 0 aliphatic rings. The maximum absolute atomic E-state index is 12.4. The number of nitrogens with zero attached hydrogens (tertiary/aromatic N) is 3. The third-order valence-corrected chi connectivity index (χ3v) is 5.08. The molecule has 0 bridgehead atoms. The molecule has 1 N–H and O–H groups in total. The molecule has 140 valence electrons. The Balaban J connectivity index is 1.64. The second-order valence-electron chi connectivity index (χ2n) is 6.50. The van der Waals surface area contributed by atoms with Gasteiger partial charge in [-0.25, -0.2) is 4.98 Å². The number of rotatable bonds is 5. The van der Waals surface area contributed by atoms with E-state index in [9.17, 15) is 4.79 Å². The largest absolute Gasteiger partial charge is 0.333 e. The van der Waals surface area contributed by atoms with E-state index < -0.39 is 0 Å². The van der Waals surface area contributed by atoms with E-state index in [4.69, 9.17) is 4.52 Å². The van der Waals surface area contributed by atoms with Crippen LogP contribution in [0.2, 0.25) is 0 Å². The van der Waals surface area contributed by atoms with Crippen LogP contribution in [0.25, 0.3) is 22.2 Å². The van der Waals surface area contributed by atoms with E-state index in [-0.39, 0.29) is 11.8 Å². The Hall–Kier alpha value is -3.32. The van der Waals surface area contributed by atoms with E-state index in [1.807, 2.05) is 62.4 Å². The summed E-state index contributed by atoms with van der Waals surface area (Å²) in [5.74, 6) is 0.862. The van der Waals surface area contributed by atoms with E-state index in [0.717, 1.165) is 16.1 Å². The van der Waals surface area contributed by atoms with E-state index in [1.54, 1.807) is 12.1 Å². The summed E-state index contributed by atoms with van der Waals surface area (Å²) in [7, 11) is 0. The minimum Gasteiger partial charge on any atom is -0.333 e. The maximum Gasteiger partial charge on any atom is 0.270 e. The fourth-order valence-electron chi connectivity index (χ4n) is 2.71. The minimum atomic E-state index is -0.202. The first-order chi connectivity index (χ1) is 13.6. The van der Waals surface area contributed by atoms with Crippen LogP contribution in [0.5, 0.6) is 0 Å². The Kier molecular flexibility index (Phi) is 4.99. The fraction of sp³-hybridized carbons (Fsp3) is 0.143. The van der Waals surface area contributed by atoms with Crippen molar-refractivity contribution in [1.29, 1.82) is 0 Å². The second-order valence-corrected chi connectivity index (χ2v) is 7.50. The van der Waals surface area contributed by atoms with Crippen molar-refractivity contribution in [2.75, 3.05) is 5.32 Å². The molecule has 0 saturated heterocycles. The van der Waals surface area contributed by atoms with Gasteiger partial charge < -0.3 is 4.52 Å². The molecule has 4 aromatic rings. The van der Waals surface area contributed by atoms with Crippen LogP contribution in [-0.2, 0) is 0 Å². The van der Waals surface area contributed by atoms with Gasteiger partial charge in [-0.1, -0.05) is 78.9 Å². The number of carbonyl (C=O) groups is 1. The van der Waals surface area contributed by atoms with Crippen molar-refractivity contribution in [3.05, 3.63) is 71.9 Å². The molecular weight excluding hydrogens is 372 g/mol. The van der Waals surface area contributed by atoms with Gasteiger partial charge in [-0.15, -0.1) is 0 Å². The average Bonchev–Trinajstić information content (AvgIpc) is 3.36. The molecule has 0 fully saturated rings. The van der Waals surface area contributed by atoms with Crippen LogP contribution in [0.3, 0.4) is 0 Å². The van der Waals surface area contributed by atoms with Gasteiger partial charge in [0, 0.05) is 11.1 Å². The zero-order valence-electron chi connectivity index (χ0n) is 15.4. The summed E-state index contributed by atoms with van der Waals surface area (Å²) in [4.78, 5) is 22.3. The number of hydrogen-bond acceptors (Lipinski definition) is 6. The average molecular weight is 390 g/mol. The zero-order chi connectivity index (χ0) is 19.5. The predicted molar refractivity (Wildman–Crippen MR) is 109 cm³/mol. The number of benzene rings is 2. The number of carbonyl (C=O) groups excluding carboxylic acids is 1. The highest BCUT2D eigenvalue weighted by atomic mass is 32.1. The summed E-state index contributed by atoms with van der Waals surface area (Å²) >= 11 is 1.33. The van der Waals surface area contributed by atoms with Gasteiger partial charge in [0.1, 0.15) is 4.88 Å². The van der Waals surface area contributed by atoms with Gasteiger partial charge in [-0.3, -0.25) is 10.1 Å². The quantitative estimate of drug-likeness (QED) is 0.504. The van der Waals surface area contributed by atoms with Crippen molar-refractivity contribution in [2.45, 2.75) is 19.8 Å². The molecule has 0 atom stereocenters. The van der Waals surface area contributed by atoms with Crippen molar-refractivity contribution in [1.82, 2.24) is 15.1 Å². The summed E-state index contributed by atoms with van der Waals surface area (Å²) in [6.07, 6.45) is 0. The Bertz CT molecular complexity index is 1090. The molecule has 2 aromatic heterocycles. The Morgan fingerprint density at radius 3 is 2.36 bits per heavy atom. The Labute approximate surface area is 166 Å². The number of nitrogens with one attached hydrogen (secondary N) is 1. The van der Waals surface area contributed by atoms with Crippen molar-refractivity contribution in [3.8, 4) is 22.2 Å². The Morgan fingerprint density at radius 1 is 1.00 bits per heavy atom. The van der Waals surface area contributed by atoms with Crippen LogP contribution in [0.1, 0.15) is 35.8 Å². The summed E-state index contributed by atoms with van der Waals surface area (Å²) < 4.78 is 5.50. The van der Waals surface area contributed by atoms with Crippen LogP contribution in [0.15, 0.2) is 65.2 Å². The highest BCUT2D eigenvalue weighted by Gasteiger charge is 2.22. The van der Waals surface area contributed by atoms with Gasteiger partial charge in [0.15, 0.2) is 5.13 Å². The molecule has 2 aromatic carbocycles.